The number of carboxylic acid groups (broad SMARTS) is 1. The lowest BCUT2D eigenvalue weighted by atomic mass is 10.0. The summed E-state index contributed by atoms with van der Waals surface area (Å²) in [6.07, 6.45) is -5.10. The van der Waals surface area contributed by atoms with Crippen molar-refractivity contribution in [3.05, 3.63) is 0 Å². The normalized spacial score (nSPS) is 14.3. The van der Waals surface area contributed by atoms with Gasteiger partial charge in [-0.25, -0.2) is 0 Å². The molecule has 0 aliphatic heterocycles. The van der Waals surface area contributed by atoms with E-state index in [1.165, 1.54) is 6.92 Å². The van der Waals surface area contributed by atoms with Crippen molar-refractivity contribution in [1.82, 2.24) is 0 Å². The van der Waals surface area contributed by atoms with Crippen LogP contribution in [0, 0.1) is 5.92 Å². The summed E-state index contributed by atoms with van der Waals surface area (Å²) in [5.74, 6) is -1.73. The maximum atomic E-state index is 11.6. The van der Waals surface area contributed by atoms with Crippen LogP contribution in [0.25, 0.3) is 0 Å². The fraction of sp³-hybridized carbons (Fsp3) is 0.857. The summed E-state index contributed by atoms with van der Waals surface area (Å²) >= 11 is 0. The van der Waals surface area contributed by atoms with Crippen molar-refractivity contribution in [3.63, 3.8) is 0 Å². The zero-order chi connectivity index (χ0) is 9.78. The zero-order valence-electron chi connectivity index (χ0n) is 6.69. The number of hydrogen-bond donors (Lipinski definition) is 1. The van der Waals surface area contributed by atoms with Gasteiger partial charge in [0.2, 0.25) is 0 Å². The molecule has 12 heavy (non-hydrogen) atoms. The Morgan fingerprint density at radius 3 is 2.33 bits per heavy atom. The van der Waals surface area contributed by atoms with Crippen LogP contribution in [0.2, 0.25) is 0 Å². The predicted molar refractivity (Wildman–Crippen MR) is 36.7 cm³/mol. The Balaban J connectivity index is 3.51. The highest BCUT2D eigenvalue weighted by molar-refractivity contribution is 5.69. The second-order valence-corrected chi connectivity index (χ2v) is 2.75. The van der Waals surface area contributed by atoms with Gasteiger partial charge in [0.1, 0.15) is 0 Å². The summed E-state index contributed by atoms with van der Waals surface area (Å²) < 4.78 is 34.7. The largest absolute Gasteiger partial charge is 0.481 e. The molecule has 0 aromatic carbocycles. The minimum Gasteiger partial charge on any atom is -0.481 e. The Hall–Kier alpha value is -0.740. The van der Waals surface area contributed by atoms with E-state index in [2.05, 4.69) is 0 Å². The van der Waals surface area contributed by atoms with Gasteiger partial charge in [-0.1, -0.05) is 6.92 Å². The molecule has 0 aliphatic carbocycles. The van der Waals surface area contributed by atoms with E-state index in [0.717, 1.165) is 0 Å². The first-order valence-electron chi connectivity index (χ1n) is 3.62. The number of halogens is 3. The molecule has 2 nitrogen and oxygen atoms in total. The molecule has 0 radical (unpaired) electrons. The van der Waals surface area contributed by atoms with Crippen LogP contribution < -0.4 is 0 Å². The molecule has 0 aliphatic rings. The Morgan fingerprint density at radius 1 is 1.50 bits per heavy atom. The molecule has 0 unspecified atom stereocenters. The molecule has 0 bridgehead atoms. The van der Waals surface area contributed by atoms with Gasteiger partial charge < -0.3 is 5.11 Å². The van der Waals surface area contributed by atoms with E-state index in [1.807, 2.05) is 0 Å². The summed E-state index contributed by atoms with van der Waals surface area (Å²) in [6.45, 7) is 1.40. The first-order valence-corrected chi connectivity index (χ1v) is 3.62. The fourth-order valence-electron chi connectivity index (χ4n) is 0.732. The molecule has 0 rings (SSSR count). The highest BCUT2D eigenvalue weighted by Gasteiger charge is 2.26. The lowest BCUT2D eigenvalue weighted by Gasteiger charge is -2.07. The third-order valence-electron chi connectivity index (χ3n) is 1.52. The molecule has 0 saturated carbocycles. The number of alkyl halides is 3. The van der Waals surface area contributed by atoms with E-state index in [4.69, 9.17) is 5.11 Å². The molecule has 0 fully saturated rings. The van der Waals surface area contributed by atoms with Gasteiger partial charge in [-0.05, 0) is 12.8 Å². The van der Waals surface area contributed by atoms with Gasteiger partial charge in [-0.2, -0.15) is 13.2 Å². The molecule has 1 N–H and O–H groups in total. The SMILES string of the molecule is C[C@H](CCCC(F)(F)F)C(=O)O. The molecule has 0 aromatic rings. The van der Waals surface area contributed by atoms with E-state index >= 15 is 0 Å². The average Bonchev–Trinajstić information content (AvgIpc) is 1.84. The maximum Gasteiger partial charge on any atom is 0.389 e. The summed E-state index contributed by atoms with van der Waals surface area (Å²) in [7, 11) is 0. The predicted octanol–water partition coefficient (Wildman–Crippen LogP) is 2.44. The molecular weight excluding hydrogens is 173 g/mol. The van der Waals surface area contributed by atoms with Gasteiger partial charge in [0, 0.05) is 6.42 Å². The van der Waals surface area contributed by atoms with Crippen LogP contribution in [0.4, 0.5) is 13.2 Å². The Labute approximate surface area is 68.4 Å². The smallest absolute Gasteiger partial charge is 0.389 e. The molecule has 5 heteroatoms. The van der Waals surface area contributed by atoms with Gasteiger partial charge >= 0.3 is 12.1 Å². The minimum absolute atomic E-state index is 0.0782. The molecular formula is C7H11F3O2. The van der Waals surface area contributed by atoms with Gasteiger partial charge in [-0.3, -0.25) is 4.79 Å². The van der Waals surface area contributed by atoms with Crippen molar-refractivity contribution in [2.75, 3.05) is 0 Å². The summed E-state index contributed by atoms with van der Waals surface area (Å²) in [5.41, 5.74) is 0. The van der Waals surface area contributed by atoms with Crippen molar-refractivity contribution < 1.29 is 23.1 Å². The van der Waals surface area contributed by atoms with Crippen LogP contribution in [0.15, 0.2) is 0 Å². The number of rotatable bonds is 4. The monoisotopic (exact) mass is 184 g/mol. The molecule has 0 saturated heterocycles. The molecule has 72 valence electrons. The number of aliphatic carboxylic acids is 1. The standard InChI is InChI=1S/C7H11F3O2/c1-5(6(11)12)3-2-4-7(8,9)10/h5H,2-4H2,1H3,(H,11,12)/t5-/m1/s1. The number of carboxylic acids is 1. The van der Waals surface area contributed by atoms with Crippen LogP contribution in [-0.2, 0) is 4.79 Å². The van der Waals surface area contributed by atoms with Gasteiger partial charge in [0.05, 0.1) is 5.92 Å². The van der Waals surface area contributed by atoms with Crippen LogP contribution in [0.3, 0.4) is 0 Å². The molecule has 0 heterocycles. The van der Waals surface area contributed by atoms with E-state index in [-0.39, 0.29) is 12.8 Å². The van der Waals surface area contributed by atoms with Crippen LogP contribution in [0.5, 0.6) is 0 Å². The highest BCUT2D eigenvalue weighted by Crippen LogP contribution is 2.23. The van der Waals surface area contributed by atoms with Crippen molar-refractivity contribution >= 4 is 5.97 Å². The first-order chi connectivity index (χ1) is 5.33. The lowest BCUT2D eigenvalue weighted by molar-refractivity contribution is -0.144. The number of carbonyl (C=O) groups is 1. The second kappa shape index (κ2) is 4.33. The van der Waals surface area contributed by atoms with Crippen molar-refractivity contribution in [2.24, 2.45) is 5.92 Å². The second-order valence-electron chi connectivity index (χ2n) is 2.75. The zero-order valence-corrected chi connectivity index (χ0v) is 6.69. The van der Waals surface area contributed by atoms with Crippen LogP contribution in [-0.4, -0.2) is 17.3 Å². The molecule has 1 atom stereocenters. The van der Waals surface area contributed by atoms with Crippen molar-refractivity contribution in [2.45, 2.75) is 32.4 Å². The third kappa shape index (κ3) is 6.00. The lowest BCUT2D eigenvalue weighted by Crippen LogP contribution is -2.12. The number of hydrogen-bond acceptors (Lipinski definition) is 1. The summed E-state index contributed by atoms with van der Waals surface area (Å²) in [6, 6.07) is 0. The van der Waals surface area contributed by atoms with E-state index in [9.17, 15) is 18.0 Å². The summed E-state index contributed by atoms with van der Waals surface area (Å²) in [5, 5.41) is 8.33. The minimum atomic E-state index is -4.17. The third-order valence-corrected chi connectivity index (χ3v) is 1.52. The van der Waals surface area contributed by atoms with Gasteiger partial charge in [0.15, 0.2) is 0 Å². The van der Waals surface area contributed by atoms with Crippen molar-refractivity contribution in [3.8, 4) is 0 Å². The van der Waals surface area contributed by atoms with E-state index in [1.54, 1.807) is 0 Å². The maximum absolute atomic E-state index is 11.6. The Kier molecular flexibility index (Phi) is 4.06. The van der Waals surface area contributed by atoms with Crippen LogP contribution >= 0.6 is 0 Å². The van der Waals surface area contributed by atoms with Crippen molar-refractivity contribution in [1.29, 1.82) is 0 Å². The average molecular weight is 184 g/mol. The van der Waals surface area contributed by atoms with E-state index < -0.39 is 24.5 Å². The van der Waals surface area contributed by atoms with Crippen LogP contribution in [0.1, 0.15) is 26.2 Å². The Bertz CT molecular complexity index is 153. The quantitative estimate of drug-likeness (QED) is 0.728. The summed E-state index contributed by atoms with van der Waals surface area (Å²) in [4.78, 5) is 10.2. The van der Waals surface area contributed by atoms with Gasteiger partial charge in [-0.15, -0.1) is 0 Å². The van der Waals surface area contributed by atoms with E-state index in [0.29, 0.717) is 0 Å². The van der Waals surface area contributed by atoms with Gasteiger partial charge in [0.25, 0.3) is 0 Å². The topological polar surface area (TPSA) is 37.3 Å². The first kappa shape index (κ1) is 11.3. The molecule has 0 spiro atoms. The molecule has 0 amide bonds. The molecule has 0 aromatic heterocycles. The fourth-order valence-corrected chi connectivity index (χ4v) is 0.732. The highest BCUT2D eigenvalue weighted by atomic mass is 19.4. The Morgan fingerprint density at radius 2 is 2.00 bits per heavy atom.